The van der Waals surface area contributed by atoms with Gasteiger partial charge in [-0.15, -0.1) is 12.3 Å². The summed E-state index contributed by atoms with van der Waals surface area (Å²) in [5, 5.41) is 13.8. The highest BCUT2D eigenvalue weighted by Crippen LogP contribution is 2.15. The number of hydrogen-bond acceptors (Lipinski definition) is 5. The summed E-state index contributed by atoms with van der Waals surface area (Å²) in [4.78, 5) is 46.9. The van der Waals surface area contributed by atoms with Gasteiger partial charge in [-0.25, -0.2) is 5.48 Å². The smallest absolute Gasteiger partial charge is 0.244 e. The van der Waals surface area contributed by atoms with Crippen LogP contribution in [0.4, 0.5) is 0 Å². The molecule has 0 heterocycles. The minimum atomic E-state index is -0.622. The third-order valence-corrected chi connectivity index (χ3v) is 5.53. The van der Waals surface area contributed by atoms with Gasteiger partial charge in [-0.1, -0.05) is 74.0 Å². The van der Waals surface area contributed by atoms with E-state index in [9.17, 15) is 19.2 Å². The molecule has 1 atom stereocenters. The number of hydroxylamine groups is 1. The summed E-state index contributed by atoms with van der Waals surface area (Å²) < 4.78 is 0. The van der Waals surface area contributed by atoms with Crippen molar-refractivity contribution in [2.75, 3.05) is 13.1 Å². The van der Waals surface area contributed by atoms with Gasteiger partial charge in [-0.3, -0.25) is 24.4 Å². The van der Waals surface area contributed by atoms with E-state index in [1.54, 1.807) is 0 Å². The summed E-state index contributed by atoms with van der Waals surface area (Å²) in [5.74, 6) is 0.960. The van der Waals surface area contributed by atoms with Crippen LogP contribution in [-0.4, -0.2) is 41.8 Å². The van der Waals surface area contributed by atoms with Crippen LogP contribution in [0.3, 0.4) is 0 Å². The number of amides is 3. The van der Waals surface area contributed by atoms with Crippen LogP contribution in [0.2, 0.25) is 0 Å². The van der Waals surface area contributed by atoms with Gasteiger partial charge in [0.25, 0.3) is 0 Å². The fourth-order valence-corrected chi connectivity index (χ4v) is 3.54. The molecule has 2 rings (SSSR count). The first-order valence-corrected chi connectivity index (χ1v) is 12.7. The monoisotopic (exact) mass is 521 g/mol. The van der Waals surface area contributed by atoms with Gasteiger partial charge in [0, 0.05) is 36.4 Å². The lowest BCUT2D eigenvalue weighted by Crippen LogP contribution is -2.41. The Morgan fingerprint density at radius 1 is 0.895 bits per heavy atom. The van der Waals surface area contributed by atoms with E-state index >= 15 is 0 Å². The number of rotatable bonds is 13. The fraction of sp³-hybridized carbons (Fsp3) is 0.400. The maximum atomic E-state index is 12.1. The molecule has 38 heavy (non-hydrogen) atoms. The molecular weight excluding hydrogens is 482 g/mol. The number of carbonyl (C=O) groups is 4. The Labute approximate surface area is 225 Å². The van der Waals surface area contributed by atoms with Gasteiger partial charge in [0.05, 0.1) is 6.54 Å². The van der Waals surface area contributed by atoms with E-state index in [4.69, 9.17) is 11.6 Å². The topological polar surface area (TPSA) is 125 Å². The van der Waals surface area contributed by atoms with E-state index in [0.717, 1.165) is 24.0 Å². The number of carbonyl (C=O) groups excluding carboxylic acids is 4. The zero-order valence-electron chi connectivity index (χ0n) is 22.5. The van der Waals surface area contributed by atoms with Crippen LogP contribution < -0.4 is 16.1 Å². The van der Waals surface area contributed by atoms with E-state index in [-0.39, 0.29) is 36.5 Å². The summed E-state index contributed by atoms with van der Waals surface area (Å²) >= 11 is 0. The highest BCUT2D eigenvalue weighted by molar-refractivity contribution is 6.08. The molecule has 2 aromatic rings. The summed E-state index contributed by atoms with van der Waals surface area (Å²) in [6.07, 6.45) is 7.81. The van der Waals surface area contributed by atoms with Gasteiger partial charge in [0.1, 0.15) is 0 Å². The largest absolute Gasteiger partial charge is 0.355 e. The first-order valence-electron chi connectivity index (χ1n) is 12.7. The molecule has 3 amide bonds. The lowest BCUT2D eigenvalue weighted by molar-refractivity contribution is -0.135. The van der Waals surface area contributed by atoms with Gasteiger partial charge in [-0.2, -0.15) is 0 Å². The van der Waals surface area contributed by atoms with Gasteiger partial charge < -0.3 is 10.6 Å². The number of unbranched alkanes of at least 4 members (excludes halogenated alkanes) is 2. The van der Waals surface area contributed by atoms with Crippen LogP contribution in [0.1, 0.15) is 67.4 Å². The van der Waals surface area contributed by atoms with E-state index in [1.807, 2.05) is 75.4 Å². The van der Waals surface area contributed by atoms with Crippen LogP contribution in [0.5, 0.6) is 0 Å². The van der Waals surface area contributed by atoms with Crippen LogP contribution in [0, 0.1) is 31.1 Å². The van der Waals surface area contributed by atoms with E-state index in [2.05, 4.69) is 16.6 Å². The molecule has 0 spiro atoms. The molecule has 0 saturated heterocycles. The standard InChI is InChI=1S/C16H27N3O4.C14H12O/c1-4-5-6-7-8-17-15(21)11-18-16(22)13(9-12(2)3)10-14(20)19-23;1-11-7-9-13(10-8-11)14(15)12-5-3-2-4-6-12/h1,12-13,23H,5-11H2,2-3H3,(H,17,21)(H,18,22)(H,19,20);2-10H,1H3. The Morgan fingerprint density at radius 3 is 2.11 bits per heavy atom. The first kappa shape index (κ1) is 32.1. The molecular formula is C30H39N3O5. The molecule has 0 fully saturated rings. The van der Waals surface area contributed by atoms with Gasteiger partial charge in [-0.05, 0) is 32.1 Å². The molecule has 0 aliphatic heterocycles. The van der Waals surface area contributed by atoms with Crippen LogP contribution in [0.15, 0.2) is 54.6 Å². The minimum absolute atomic E-state index is 0.0793. The van der Waals surface area contributed by atoms with Crippen molar-refractivity contribution in [1.29, 1.82) is 0 Å². The number of benzene rings is 2. The average Bonchev–Trinajstić information content (AvgIpc) is 2.91. The zero-order chi connectivity index (χ0) is 28.3. The highest BCUT2D eigenvalue weighted by Gasteiger charge is 2.23. The number of ketones is 1. The van der Waals surface area contributed by atoms with Gasteiger partial charge in [0.2, 0.25) is 17.7 Å². The summed E-state index contributed by atoms with van der Waals surface area (Å²) in [5.41, 5.74) is 4.17. The van der Waals surface area contributed by atoms with E-state index < -0.39 is 11.8 Å². The second-order valence-electron chi connectivity index (χ2n) is 9.36. The molecule has 1 unspecified atom stereocenters. The Kier molecular flexibility index (Phi) is 15.5. The second-order valence-corrected chi connectivity index (χ2v) is 9.36. The SMILES string of the molecule is C#CCCCCNC(=O)CNC(=O)C(CC(=O)NO)CC(C)C.Cc1ccc(C(=O)c2ccccc2)cc1. The maximum absolute atomic E-state index is 12.1. The summed E-state index contributed by atoms with van der Waals surface area (Å²) in [6.45, 7) is 6.25. The van der Waals surface area contributed by atoms with Crippen molar-refractivity contribution in [2.45, 2.75) is 52.9 Å². The van der Waals surface area contributed by atoms with Crippen molar-refractivity contribution in [3.05, 3.63) is 71.3 Å². The van der Waals surface area contributed by atoms with Crippen molar-refractivity contribution in [3.63, 3.8) is 0 Å². The van der Waals surface area contributed by atoms with Crippen molar-refractivity contribution < 1.29 is 24.4 Å². The molecule has 8 heteroatoms. The molecule has 0 aliphatic carbocycles. The van der Waals surface area contributed by atoms with Crippen LogP contribution >= 0.6 is 0 Å². The normalized spacial score (nSPS) is 10.8. The van der Waals surface area contributed by atoms with Crippen molar-refractivity contribution in [3.8, 4) is 12.3 Å². The third-order valence-electron chi connectivity index (χ3n) is 5.53. The van der Waals surface area contributed by atoms with Crippen molar-refractivity contribution in [2.24, 2.45) is 11.8 Å². The quantitative estimate of drug-likeness (QED) is 0.105. The Hall–Kier alpha value is -3.96. The molecule has 204 valence electrons. The molecule has 4 N–H and O–H groups in total. The van der Waals surface area contributed by atoms with Gasteiger partial charge >= 0.3 is 0 Å². The minimum Gasteiger partial charge on any atom is -0.355 e. The Balaban J connectivity index is 0.000000411. The number of aryl methyl sites for hydroxylation is 1. The summed E-state index contributed by atoms with van der Waals surface area (Å²) in [6, 6.07) is 17.0. The lowest BCUT2D eigenvalue weighted by atomic mass is 9.93. The number of hydrogen-bond donors (Lipinski definition) is 4. The Morgan fingerprint density at radius 2 is 1.53 bits per heavy atom. The van der Waals surface area contributed by atoms with E-state index in [1.165, 1.54) is 11.0 Å². The van der Waals surface area contributed by atoms with Crippen LogP contribution in [-0.2, 0) is 14.4 Å². The Bertz CT molecular complexity index is 1060. The van der Waals surface area contributed by atoms with Gasteiger partial charge in [0.15, 0.2) is 5.78 Å². The van der Waals surface area contributed by atoms with Crippen LogP contribution in [0.25, 0.3) is 0 Å². The van der Waals surface area contributed by atoms with E-state index in [0.29, 0.717) is 19.4 Å². The molecule has 0 bridgehead atoms. The first-order chi connectivity index (χ1) is 18.2. The molecule has 0 radical (unpaired) electrons. The predicted octanol–water partition coefficient (Wildman–Crippen LogP) is 3.81. The molecule has 0 saturated carbocycles. The molecule has 0 aromatic heterocycles. The predicted molar refractivity (Wildman–Crippen MR) is 147 cm³/mol. The number of terminal acetylenes is 1. The lowest BCUT2D eigenvalue weighted by Gasteiger charge is -2.17. The van der Waals surface area contributed by atoms with Crippen molar-refractivity contribution >= 4 is 23.5 Å². The third kappa shape index (κ3) is 13.4. The molecule has 8 nitrogen and oxygen atoms in total. The van der Waals surface area contributed by atoms with Crippen molar-refractivity contribution in [1.82, 2.24) is 16.1 Å². The zero-order valence-corrected chi connectivity index (χ0v) is 22.5. The highest BCUT2D eigenvalue weighted by atomic mass is 16.5. The second kappa shape index (κ2) is 18.3. The summed E-state index contributed by atoms with van der Waals surface area (Å²) in [7, 11) is 0. The molecule has 0 aliphatic rings. The average molecular weight is 522 g/mol. The number of nitrogens with one attached hydrogen (secondary N) is 3. The maximum Gasteiger partial charge on any atom is 0.244 e. The molecule has 2 aromatic carbocycles. The fourth-order valence-electron chi connectivity index (χ4n) is 3.54.